The fourth-order valence-electron chi connectivity index (χ4n) is 10.3. The van der Waals surface area contributed by atoms with E-state index in [1.807, 2.05) is 0 Å². The highest BCUT2D eigenvalue weighted by atomic mass is 15.2. The van der Waals surface area contributed by atoms with E-state index in [2.05, 4.69) is 251 Å². The summed E-state index contributed by atoms with van der Waals surface area (Å²) in [4.78, 5) is 7.38. The van der Waals surface area contributed by atoms with Gasteiger partial charge in [-0.2, -0.15) is 0 Å². The van der Waals surface area contributed by atoms with Crippen LogP contribution in [0.3, 0.4) is 0 Å². The lowest BCUT2D eigenvalue weighted by Crippen LogP contribution is -2.27. The van der Waals surface area contributed by atoms with Gasteiger partial charge in [0.2, 0.25) is 0 Å². The topological polar surface area (TPSA) is 9.72 Å². The summed E-state index contributed by atoms with van der Waals surface area (Å²) in [5.41, 5.74) is 18.5. The highest BCUT2D eigenvalue weighted by molar-refractivity contribution is 5.88. The van der Waals surface area contributed by atoms with E-state index in [-0.39, 0.29) is 5.41 Å². The minimum atomic E-state index is -0.188. The molecule has 62 heavy (non-hydrogen) atoms. The van der Waals surface area contributed by atoms with E-state index in [1.54, 1.807) is 0 Å². The van der Waals surface area contributed by atoms with Crippen molar-refractivity contribution in [2.24, 2.45) is 0 Å². The van der Waals surface area contributed by atoms with E-state index in [0.717, 1.165) is 65.5 Å². The normalized spacial score (nSPS) is 14.9. The maximum atomic E-state index is 2.52. The van der Waals surface area contributed by atoms with Crippen molar-refractivity contribution in [1.82, 2.24) is 0 Å². The van der Waals surface area contributed by atoms with Crippen LogP contribution in [0, 0.1) is 0 Å². The van der Waals surface area contributed by atoms with Crippen molar-refractivity contribution >= 4 is 51.2 Å². The Morgan fingerprint density at radius 2 is 0.613 bits per heavy atom. The second-order valence-electron chi connectivity index (χ2n) is 16.5. The van der Waals surface area contributed by atoms with Gasteiger partial charge in [-0.15, -0.1) is 0 Å². The Kier molecular flexibility index (Phi) is 9.71. The van der Waals surface area contributed by atoms with Crippen LogP contribution in [0.5, 0.6) is 0 Å². The zero-order valence-corrected chi connectivity index (χ0v) is 34.7. The molecule has 3 heteroatoms. The highest BCUT2D eigenvalue weighted by Crippen LogP contribution is 2.60. The zero-order chi connectivity index (χ0) is 41.3. The van der Waals surface area contributed by atoms with Crippen molar-refractivity contribution in [2.75, 3.05) is 14.7 Å². The van der Waals surface area contributed by atoms with E-state index in [4.69, 9.17) is 0 Å². The van der Waals surface area contributed by atoms with E-state index in [9.17, 15) is 0 Å². The maximum Gasteiger partial charge on any atom is 0.0505 e. The van der Waals surface area contributed by atoms with Crippen LogP contribution in [0.25, 0.3) is 11.1 Å². The Balaban J connectivity index is 1.10. The van der Waals surface area contributed by atoms with Crippen LogP contribution in [0.1, 0.15) is 35.1 Å². The van der Waals surface area contributed by atoms with E-state index >= 15 is 0 Å². The Hall–Kier alpha value is -7.62. The minimum absolute atomic E-state index is 0.188. The summed E-state index contributed by atoms with van der Waals surface area (Å²) in [7, 11) is 0. The molecule has 0 radical (unpaired) electrons. The number of rotatable bonds is 10. The lowest BCUT2D eigenvalue weighted by molar-refractivity contribution is 0.508. The van der Waals surface area contributed by atoms with Gasteiger partial charge in [-0.1, -0.05) is 146 Å². The van der Waals surface area contributed by atoms with Crippen LogP contribution in [0.4, 0.5) is 51.2 Å². The first-order valence-corrected chi connectivity index (χ1v) is 21.9. The van der Waals surface area contributed by atoms with Crippen LogP contribution in [0.15, 0.2) is 237 Å². The summed E-state index contributed by atoms with van der Waals surface area (Å²) in [6, 6.07) is 86.2. The molecule has 0 bridgehead atoms. The standard InChI is InChI=1S/C59H47N3/c1-6-20-44(21-7-1)47-24-16-33-52(42-47)61(50-29-12-4-13-30-50)55-36-17-22-45-38-40-59(57(45)55)41-39-46-23-18-37-56(58(46)59)62(51-31-14-5-15-32-51)54-35-19-34-53(43-54)60(48-25-8-2-9-26-48)49-27-10-3-11-28-49/h1-37,42-43H,38-41H2/t59-/m1/s1. The largest absolute Gasteiger partial charge is 0.310 e. The van der Waals surface area contributed by atoms with Gasteiger partial charge >= 0.3 is 0 Å². The third-order valence-corrected chi connectivity index (χ3v) is 13.0. The molecular weight excluding hydrogens is 751 g/mol. The summed E-state index contributed by atoms with van der Waals surface area (Å²) in [6.45, 7) is 0. The van der Waals surface area contributed by atoms with Crippen molar-refractivity contribution in [3.8, 4) is 11.1 Å². The van der Waals surface area contributed by atoms with Gasteiger partial charge in [0, 0.05) is 45.2 Å². The fourth-order valence-corrected chi connectivity index (χ4v) is 10.3. The summed E-state index contributed by atoms with van der Waals surface area (Å²) in [6.07, 6.45) is 4.20. The molecule has 1 spiro atoms. The number of nitrogens with zero attached hydrogens (tertiary/aromatic N) is 3. The first-order valence-electron chi connectivity index (χ1n) is 21.9. The van der Waals surface area contributed by atoms with Gasteiger partial charge in [-0.3, -0.25) is 0 Å². The number of fused-ring (bicyclic) bond motifs is 4. The molecule has 9 aromatic rings. The van der Waals surface area contributed by atoms with Gasteiger partial charge in [-0.05, 0) is 150 Å². The van der Waals surface area contributed by atoms with Gasteiger partial charge in [0.15, 0.2) is 0 Å². The van der Waals surface area contributed by atoms with Crippen molar-refractivity contribution in [2.45, 2.75) is 31.1 Å². The number of hydrogen-bond donors (Lipinski definition) is 0. The van der Waals surface area contributed by atoms with Gasteiger partial charge in [0.05, 0.1) is 11.4 Å². The molecule has 0 aliphatic heterocycles. The quantitative estimate of drug-likeness (QED) is 0.136. The average molecular weight is 798 g/mol. The molecule has 2 aliphatic rings. The van der Waals surface area contributed by atoms with Crippen molar-refractivity contribution in [3.63, 3.8) is 0 Å². The Morgan fingerprint density at radius 3 is 1.08 bits per heavy atom. The van der Waals surface area contributed by atoms with Crippen molar-refractivity contribution in [3.05, 3.63) is 259 Å². The minimum Gasteiger partial charge on any atom is -0.310 e. The third kappa shape index (κ3) is 6.63. The summed E-state index contributed by atoms with van der Waals surface area (Å²) >= 11 is 0. The molecule has 9 aromatic carbocycles. The van der Waals surface area contributed by atoms with Crippen LogP contribution < -0.4 is 14.7 Å². The fraction of sp³-hybridized carbons (Fsp3) is 0.0847. The van der Waals surface area contributed by atoms with Crippen LogP contribution in [0.2, 0.25) is 0 Å². The molecule has 2 aliphatic carbocycles. The molecular formula is C59H47N3. The van der Waals surface area contributed by atoms with Crippen LogP contribution in [-0.2, 0) is 18.3 Å². The number of hydrogen-bond acceptors (Lipinski definition) is 3. The van der Waals surface area contributed by atoms with Gasteiger partial charge < -0.3 is 14.7 Å². The molecule has 0 heterocycles. The SMILES string of the molecule is c1ccc(-c2cccc(N(c3ccccc3)c3cccc4c3[C@@]3(CC4)CCc4cccc(N(c5ccccc5)c5cccc(N(c6ccccc6)c6ccccc6)c5)c43)c2)cc1. The summed E-state index contributed by atoms with van der Waals surface area (Å²) in [5.74, 6) is 0. The van der Waals surface area contributed by atoms with Crippen LogP contribution >= 0.6 is 0 Å². The molecule has 0 N–H and O–H groups in total. The third-order valence-electron chi connectivity index (χ3n) is 13.0. The smallest absolute Gasteiger partial charge is 0.0505 e. The molecule has 298 valence electrons. The van der Waals surface area contributed by atoms with Gasteiger partial charge in [-0.25, -0.2) is 0 Å². The number of benzene rings is 9. The predicted molar refractivity (Wildman–Crippen MR) is 260 cm³/mol. The molecule has 0 amide bonds. The second kappa shape index (κ2) is 16.1. The molecule has 3 nitrogen and oxygen atoms in total. The Bertz CT molecular complexity index is 2930. The number of anilines is 9. The van der Waals surface area contributed by atoms with Crippen molar-refractivity contribution < 1.29 is 0 Å². The molecule has 1 atom stereocenters. The first-order chi connectivity index (χ1) is 30.7. The van der Waals surface area contributed by atoms with Crippen molar-refractivity contribution in [1.29, 1.82) is 0 Å². The van der Waals surface area contributed by atoms with Crippen LogP contribution in [-0.4, -0.2) is 0 Å². The Labute approximate surface area is 365 Å². The van der Waals surface area contributed by atoms with E-state index < -0.39 is 0 Å². The number of aryl methyl sites for hydroxylation is 2. The Morgan fingerprint density at radius 1 is 0.274 bits per heavy atom. The average Bonchev–Trinajstić information content (AvgIpc) is 3.92. The second-order valence-corrected chi connectivity index (χ2v) is 16.5. The molecule has 0 unspecified atom stereocenters. The van der Waals surface area contributed by atoms with Gasteiger partial charge in [0.1, 0.15) is 0 Å². The lowest BCUT2D eigenvalue weighted by atomic mass is 9.74. The maximum absolute atomic E-state index is 2.52. The molecule has 0 fully saturated rings. The predicted octanol–water partition coefficient (Wildman–Crippen LogP) is 15.9. The summed E-state index contributed by atoms with van der Waals surface area (Å²) < 4.78 is 0. The zero-order valence-electron chi connectivity index (χ0n) is 34.7. The monoisotopic (exact) mass is 797 g/mol. The molecule has 11 rings (SSSR count). The first kappa shape index (κ1) is 37.4. The summed E-state index contributed by atoms with van der Waals surface area (Å²) in [5, 5.41) is 0. The van der Waals surface area contributed by atoms with Gasteiger partial charge in [0.25, 0.3) is 0 Å². The lowest BCUT2D eigenvalue weighted by Gasteiger charge is -2.37. The van der Waals surface area contributed by atoms with E-state index in [1.165, 1.54) is 44.8 Å². The number of para-hydroxylation sites is 4. The molecule has 0 saturated heterocycles. The molecule has 0 aromatic heterocycles. The molecule has 0 saturated carbocycles. The highest BCUT2D eigenvalue weighted by Gasteiger charge is 2.49. The van der Waals surface area contributed by atoms with E-state index in [0.29, 0.717) is 0 Å².